The Kier molecular flexibility index (Phi) is 5.30. The SMILES string of the molecule is COCC1(C(=O)O)CCN(C(=O)c2cn(-c3ccccc3)nc2C(C)(C)C)C1. The van der Waals surface area contributed by atoms with E-state index in [9.17, 15) is 14.7 Å². The molecule has 2 heterocycles. The molecular formula is C21H27N3O4. The Morgan fingerprint density at radius 1 is 1.25 bits per heavy atom. The number of hydrogen-bond acceptors (Lipinski definition) is 4. The molecule has 0 spiro atoms. The van der Waals surface area contributed by atoms with Crippen LogP contribution in [0.3, 0.4) is 0 Å². The van der Waals surface area contributed by atoms with Gasteiger partial charge in [-0.25, -0.2) is 4.68 Å². The smallest absolute Gasteiger partial charge is 0.313 e. The van der Waals surface area contributed by atoms with E-state index in [1.807, 2.05) is 51.1 Å². The third kappa shape index (κ3) is 3.67. The summed E-state index contributed by atoms with van der Waals surface area (Å²) in [6.07, 6.45) is 2.12. The van der Waals surface area contributed by atoms with E-state index in [-0.39, 0.29) is 24.5 Å². The summed E-state index contributed by atoms with van der Waals surface area (Å²) in [4.78, 5) is 26.7. The van der Waals surface area contributed by atoms with Gasteiger partial charge in [0, 0.05) is 31.8 Å². The number of aliphatic carboxylic acids is 1. The van der Waals surface area contributed by atoms with Gasteiger partial charge in [0.2, 0.25) is 0 Å². The molecular weight excluding hydrogens is 358 g/mol. The molecule has 0 aliphatic carbocycles. The van der Waals surface area contributed by atoms with Crippen LogP contribution in [0.25, 0.3) is 5.69 Å². The molecule has 2 aromatic rings. The highest BCUT2D eigenvalue weighted by atomic mass is 16.5. The van der Waals surface area contributed by atoms with Crippen LogP contribution in [0.5, 0.6) is 0 Å². The number of hydrogen-bond donors (Lipinski definition) is 1. The summed E-state index contributed by atoms with van der Waals surface area (Å²) in [5.41, 5.74) is 0.687. The van der Waals surface area contributed by atoms with Crippen LogP contribution < -0.4 is 0 Å². The lowest BCUT2D eigenvalue weighted by atomic mass is 9.88. The molecule has 0 saturated carbocycles. The monoisotopic (exact) mass is 385 g/mol. The quantitative estimate of drug-likeness (QED) is 0.855. The molecule has 150 valence electrons. The van der Waals surface area contributed by atoms with E-state index >= 15 is 0 Å². The third-order valence-electron chi connectivity index (χ3n) is 5.19. The molecule has 1 unspecified atom stereocenters. The standard InChI is InChI=1S/C21H27N3O4/c1-20(2,3)17-16(12-24(22-17)15-8-6-5-7-9-15)18(25)23-11-10-21(13-23,14-28-4)19(26)27/h5-9,12H,10-11,13-14H2,1-4H3,(H,26,27). The van der Waals surface area contributed by atoms with E-state index in [4.69, 9.17) is 4.74 Å². The van der Waals surface area contributed by atoms with Gasteiger partial charge in [0.1, 0.15) is 5.41 Å². The second-order valence-electron chi connectivity index (χ2n) is 8.42. The highest BCUT2D eigenvalue weighted by molar-refractivity contribution is 5.96. The van der Waals surface area contributed by atoms with Crippen molar-refractivity contribution in [2.45, 2.75) is 32.6 Å². The van der Waals surface area contributed by atoms with Crippen molar-refractivity contribution >= 4 is 11.9 Å². The summed E-state index contributed by atoms with van der Waals surface area (Å²) in [5, 5.41) is 14.3. The molecule has 28 heavy (non-hydrogen) atoms. The molecule has 0 bridgehead atoms. The Balaban J connectivity index is 1.96. The molecule has 1 N–H and O–H groups in total. The van der Waals surface area contributed by atoms with Crippen LogP contribution >= 0.6 is 0 Å². The van der Waals surface area contributed by atoms with Crippen molar-refractivity contribution in [1.82, 2.24) is 14.7 Å². The predicted octanol–water partition coefficient (Wildman–Crippen LogP) is 2.73. The lowest BCUT2D eigenvalue weighted by molar-refractivity contribution is -0.151. The predicted molar refractivity (Wildman–Crippen MR) is 105 cm³/mol. The van der Waals surface area contributed by atoms with Crippen LogP contribution in [0, 0.1) is 5.41 Å². The third-order valence-corrected chi connectivity index (χ3v) is 5.19. The lowest BCUT2D eigenvalue weighted by Crippen LogP contribution is -2.40. The number of aromatic nitrogens is 2. The number of carboxylic acids is 1. The zero-order valence-electron chi connectivity index (χ0n) is 16.8. The van der Waals surface area contributed by atoms with Gasteiger partial charge in [-0.2, -0.15) is 5.10 Å². The highest BCUT2D eigenvalue weighted by Crippen LogP contribution is 2.34. The average molecular weight is 385 g/mol. The van der Waals surface area contributed by atoms with Crippen LogP contribution in [-0.2, 0) is 14.9 Å². The number of para-hydroxylation sites is 1. The van der Waals surface area contributed by atoms with Crippen LogP contribution in [0.2, 0.25) is 0 Å². The van der Waals surface area contributed by atoms with Gasteiger partial charge in [-0.1, -0.05) is 39.0 Å². The molecule has 1 aromatic carbocycles. The minimum atomic E-state index is -1.05. The van der Waals surface area contributed by atoms with Gasteiger partial charge in [0.25, 0.3) is 5.91 Å². The van der Waals surface area contributed by atoms with E-state index in [1.165, 1.54) is 7.11 Å². The second-order valence-corrected chi connectivity index (χ2v) is 8.42. The minimum absolute atomic E-state index is 0.0848. The van der Waals surface area contributed by atoms with E-state index in [0.717, 1.165) is 5.69 Å². The molecule has 1 atom stereocenters. The lowest BCUT2D eigenvalue weighted by Gasteiger charge is -2.24. The molecule has 1 aliphatic heterocycles. The van der Waals surface area contributed by atoms with Crippen molar-refractivity contribution in [2.75, 3.05) is 26.8 Å². The van der Waals surface area contributed by atoms with Crippen LogP contribution in [0.1, 0.15) is 43.2 Å². The summed E-state index contributed by atoms with van der Waals surface area (Å²) in [5.74, 6) is -1.12. The summed E-state index contributed by atoms with van der Waals surface area (Å²) >= 11 is 0. The maximum absolute atomic E-state index is 13.3. The Bertz CT molecular complexity index is 870. The number of likely N-dealkylation sites (tertiary alicyclic amines) is 1. The fourth-order valence-electron chi connectivity index (χ4n) is 3.64. The molecule has 1 aromatic heterocycles. The van der Waals surface area contributed by atoms with Crippen molar-refractivity contribution in [3.63, 3.8) is 0 Å². The number of rotatable bonds is 5. The van der Waals surface area contributed by atoms with E-state index in [2.05, 4.69) is 5.10 Å². The number of carboxylic acid groups (broad SMARTS) is 1. The van der Waals surface area contributed by atoms with Gasteiger partial charge in [0.05, 0.1) is 23.6 Å². The fraction of sp³-hybridized carbons (Fsp3) is 0.476. The number of methoxy groups -OCH3 is 1. The first-order valence-electron chi connectivity index (χ1n) is 9.35. The largest absolute Gasteiger partial charge is 0.481 e. The Morgan fingerprint density at radius 3 is 2.50 bits per heavy atom. The van der Waals surface area contributed by atoms with Crippen LogP contribution in [0.4, 0.5) is 0 Å². The van der Waals surface area contributed by atoms with E-state index in [1.54, 1.807) is 15.8 Å². The Morgan fingerprint density at radius 2 is 1.93 bits per heavy atom. The second kappa shape index (κ2) is 7.39. The first kappa shape index (κ1) is 20.1. The molecule has 1 fully saturated rings. The molecule has 0 radical (unpaired) electrons. The van der Waals surface area contributed by atoms with Crippen molar-refractivity contribution < 1.29 is 19.4 Å². The highest BCUT2D eigenvalue weighted by Gasteiger charge is 2.47. The summed E-state index contributed by atoms with van der Waals surface area (Å²) < 4.78 is 6.84. The number of nitrogens with zero attached hydrogens (tertiary/aromatic N) is 3. The number of carbonyl (C=O) groups excluding carboxylic acids is 1. The molecule has 7 nitrogen and oxygen atoms in total. The maximum Gasteiger partial charge on any atom is 0.313 e. The zero-order chi connectivity index (χ0) is 20.5. The van der Waals surface area contributed by atoms with Gasteiger partial charge in [-0.15, -0.1) is 0 Å². The summed E-state index contributed by atoms with van der Waals surface area (Å²) in [6.45, 7) is 6.64. The number of ether oxygens (including phenoxy) is 1. The van der Waals surface area contributed by atoms with Crippen molar-refractivity contribution in [1.29, 1.82) is 0 Å². The number of benzene rings is 1. The Labute approximate surface area is 164 Å². The molecule has 1 amide bonds. The van der Waals surface area contributed by atoms with Gasteiger partial charge in [-0.05, 0) is 18.6 Å². The summed E-state index contributed by atoms with van der Waals surface area (Å²) in [6, 6.07) is 9.62. The van der Waals surface area contributed by atoms with Gasteiger partial charge >= 0.3 is 5.97 Å². The first-order valence-corrected chi connectivity index (χ1v) is 9.35. The van der Waals surface area contributed by atoms with Crippen LogP contribution in [0.15, 0.2) is 36.5 Å². The maximum atomic E-state index is 13.3. The van der Waals surface area contributed by atoms with Gasteiger partial charge in [0.15, 0.2) is 0 Å². The van der Waals surface area contributed by atoms with Crippen LogP contribution in [-0.4, -0.2) is 58.5 Å². The fourth-order valence-corrected chi connectivity index (χ4v) is 3.64. The molecule has 7 heteroatoms. The zero-order valence-corrected chi connectivity index (χ0v) is 16.8. The molecule has 3 rings (SSSR count). The molecule has 1 saturated heterocycles. The number of amides is 1. The van der Waals surface area contributed by atoms with Crippen molar-refractivity contribution in [3.8, 4) is 5.69 Å². The molecule has 1 aliphatic rings. The normalized spacial score (nSPS) is 19.8. The van der Waals surface area contributed by atoms with E-state index in [0.29, 0.717) is 24.2 Å². The minimum Gasteiger partial charge on any atom is -0.481 e. The van der Waals surface area contributed by atoms with E-state index < -0.39 is 11.4 Å². The summed E-state index contributed by atoms with van der Waals surface area (Å²) in [7, 11) is 1.48. The Hall–Kier alpha value is -2.67. The van der Waals surface area contributed by atoms with Crippen molar-refractivity contribution in [2.24, 2.45) is 5.41 Å². The average Bonchev–Trinajstić information content (AvgIpc) is 3.28. The topological polar surface area (TPSA) is 84.7 Å². The number of carbonyl (C=O) groups is 2. The van der Waals surface area contributed by atoms with Crippen molar-refractivity contribution in [3.05, 3.63) is 47.8 Å². The van der Waals surface area contributed by atoms with Gasteiger partial charge in [-0.3, -0.25) is 9.59 Å². The first-order chi connectivity index (χ1) is 13.2. The van der Waals surface area contributed by atoms with Gasteiger partial charge < -0.3 is 14.7 Å².